The van der Waals surface area contributed by atoms with Crippen LogP contribution in [0.25, 0.3) is 6.08 Å². The van der Waals surface area contributed by atoms with Crippen LogP contribution in [0.4, 0.5) is 5.69 Å². The zero-order valence-corrected chi connectivity index (χ0v) is 17.1. The molecular weight excluding hydrogens is 384 g/mol. The van der Waals surface area contributed by atoms with Crippen molar-refractivity contribution in [1.82, 2.24) is 5.32 Å². The van der Waals surface area contributed by atoms with Crippen LogP contribution in [0.1, 0.15) is 27.7 Å². The first-order valence-electron chi connectivity index (χ1n) is 9.20. The lowest BCUT2D eigenvalue weighted by Gasteiger charge is -2.11. The summed E-state index contributed by atoms with van der Waals surface area (Å²) in [5, 5.41) is 7.48. The van der Waals surface area contributed by atoms with Crippen molar-refractivity contribution in [3.8, 4) is 5.75 Å². The van der Waals surface area contributed by atoms with Crippen molar-refractivity contribution in [2.75, 3.05) is 12.4 Å². The Kier molecular flexibility index (Phi) is 6.81. The molecule has 148 valence electrons. The van der Waals surface area contributed by atoms with Crippen LogP contribution in [0, 0.1) is 0 Å². The van der Waals surface area contributed by atoms with E-state index in [2.05, 4.69) is 17.6 Å². The normalized spacial score (nSPS) is 11.0. The van der Waals surface area contributed by atoms with E-state index in [-0.39, 0.29) is 17.5 Å². The quantitative estimate of drug-likeness (QED) is 0.558. The first kappa shape index (κ1) is 20.4. The van der Waals surface area contributed by atoms with Crippen LogP contribution in [-0.4, -0.2) is 18.9 Å². The van der Waals surface area contributed by atoms with E-state index in [1.807, 2.05) is 41.8 Å². The molecule has 0 aliphatic rings. The number of ether oxygens (including phenoxy) is 1. The predicted molar refractivity (Wildman–Crippen MR) is 117 cm³/mol. The highest BCUT2D eigenvalue weighted by Crippen LogP contribution is 2.16. The Labute approximate surface area is 174 Å². The molecule has 1 aromatic heterocycles. The molecule has 3 aromatic rings. The Morgan fingerprint density at radius 2 is 1.76 bits per heavy atom. The highest BCUT2D eigenvalue weighted by atomic mass is 32.1. The van der Waals surface area contributed by atoms with Crippen molar-refractivity contribution in [2.24, 2.45) is 0 Å². The molecule has 0 spiro atoms. The number of methoxy groups -OCH3 is 1. The number of amides is 2. The number of rotatable bonds is 7. The van der Waals surface area contributed by atoms with Crippen molar-refractivity contribution < 1.29 is 14.3 Å². The summed E-state index contributed by atoms with van der Waals surface area (Å²) >= 11 is 1.48. The Bertz CT molecular complexity index is 992. The van der Waals surface area contributed by atoms with E-state index in [1.54, 1.807) is 37.5 Å². The lowest BCUT2D eigenvalue weighted by atomic mass is 10.1. The molecule has 5 nitrogen and oxygen atoms in total. The molecule has 1 heterocycles. The molecule has 0 fully saturated rings. The van der Waals surface area contributed by atoms with Crippen LogP contribution in [0.2, 0.25) is 0 Å². The topological polar surface area (TPSA) is 67.4 Å². The number of hydrogen-bond donors (Lipinski definition) is 2. The second kappa shape index (κ2) is 9.71. The Morgan fingerprint density at radius 3 is 2.34 bits per heavy atom. The predicted octanol–water partition coefficient (Wildman–Crippen LogP) is 4.73. The molecule has 0 bridgehead atoms. The van der Waals surface area contributed by atoms with Gasteiger partial charge in [-0.2, -0.15) is 0 Å². The second-order valence-electron chi connectivity index (χ2n) is 6.26. The second-order valence-corrected chi connectivity index (χ2v) is 7.24. The number of anilines is 1. The highest BCUT2D eigenvalue weighted by Gasteiger charge is 2.15. The fraction of sp³-hybridized carbons (Fsp3) is 0.130. The molecular formula is C23H22N2O3S. The summed E-state index contributed by atoms with van der Waals surface area (Å²) in [6.07, 6.45) is 2.59. The minimum absolute atomic E-state index is 0.174. The number of hydrogen-bond acceptors (Lipinski definition) is 4. The minimum atomic E-state index is -0.385. The van der Waals surface area contributed by atoms with Gasteiger partial charge in [0.1, 0.15) is 11.4 Å². The number of carbonyl (C=O) groups excluding carboxylic acids is 2. The molecule has 29 heavy (non-hydrogen) atoms. The SMILES string of the molecule is CCc1ccc(NC(=O)/C(=C/c2cccs2)NC(=O)c2ccc(OC)cc2)cc1. The zero-order valence-electron chi connectivity index (χ0n) is 16.3. The van der Waals surface area contributed by atoms with Crippen molar-refractivity contribution in [3.63, 3.8) is 0 Å². The zero-order chi connectivity index (χ0) is 20.6. The van der Waals surface area contributed by atoms with Gasteiger partial charge < -0.3 is 15.4 Å². The van der Waals surface area contributed by atoms with E-state index < -0.39 is 0 Å². The Balaban J connectivity index is 1.79. The van der Waals surface area contributed by atoms with Crippen molar-refractivity contribution in [2.45, 2.75) is 13.3 Å². The molecule has 0 radical (unpaired) electrons. The molecule has 0 aliphatic carbocycles. The van der Waals surface area contributed by atoms with Crippen LogP contribution in [0.5, 0.6) is 5.75 Å². The summed E-state index contributed by atoms with van der Waals surface area (Å²) in [5.41, 5.74) is 2.46. The number of carbonyl (C=O) groups is 2. The van der Waals surface area contributed by atoms with Crippen molar-refractivity contribution >= 4 is 34.9 Å². The molecule has 0 atom stereocenters. The average Bonchev–Trinajstić information content (AvgIpc) is 3.27. The molecule has 0 saturated heterocycles. The number of benzene rings is 2. The van der Waals surface area contributed by atoms with E-state index in [9.17, 15) is 9.59 Å². The van der Waals surface area contributed by atoms with Gasteiger partial charge in [-0.15, -0.1) is 11.3 Å². The number of nitrogens with one attached hydrogen (secondary N) is 2. The van der Waals surface area contributed by atoms with Crippen LogP contribution >= 0.6 is 11.3 Å². The highest BCUT2D eigenvalue weighted by molar-refractivity contribution is 7.10. The van der Waals surface area contributed by atoms with E-state index in [0.29, 0.717) is 17.0 Å². The van der Waals surface area contributed by atoms with Crippen LogP contribution in [0.15, 0.2) is 71.7 Å². The summed E-state index contributed by atoms with van der Waals surface area (Å²) in [5.74, 6) is -0.0966. The van der Waals surface area contributed by atoms with Gasteiger partial charge in [-0.25, -0.2) is 0 Å². The lowest BCUT2D eigenvalue weighted by Crippen LogP contribution is -2.30. The van der Waals surface area contributed by atoms with Crippen LogP contribution < -0.4 is 15.4 Å². The average molecular weight is 407 g/mol. The molecule has 2 aromatic carbocycles. The maximum Gasteiger partial charge on any atom is 0.272 e. The van der Waals surface area contributed by atoms with Gasteiger partial charge in [-0.1, -0.05) is 25.1 Å². The van der Waals surface area contributed by atoms with Crippen molar-refractivity contribution in [1.29, 1.82) is 0 Å². The first-order chi connectivity index (χ1) is 14.1. The maximum atomic E-state index is 12.9. The molecule has 2 amide bonds. The largest absolute Gasteiger partial charge is 0.497 e. The van der Waals surface area contributed by atoms with Crippen molar-refractivity contribution in [3.05, 3.63) is 87.7 Å². The molecule has 3 rings (SSSR count). The van der Waals surface area contributed by atoms with Gasteiger partial charge in [-0.05, 0) is 65.9 Å². The first-order valence-corrected chi connectivity index (χ1v) is 10.1. The summed E-state index contributed by atoms with van der Waals surface area (Å²) in [6, 6.07) is 18.1. The summed E-state index contributed by atoms with van der Waals surface area (Å²) in [4.78, 5) is 26.4. The van der Waals surface area contributed by atoms with Gasteiger partial charge in [0.05, 0.1) is 7.11 Å². The van der Waals surface area contributed by atoms with Gasteiger partial charge in [0, 0.05) is 16.1 Å². The number of aryl methyl sites for hydroxylation is 1. The Morgan fingerprint density at radius 1 is 1.03 bits per heavy atom. The third-order valence-corrected chi connectivity index (χ3v) is 5.11. The van der Waals surface area contributed by atoms with Gasteiger partial charge in [0.2, 0.25) is 0 Å². The van der Waals surface area contributed by atoms with E-state index in [4.69, 9.17) is 4.74 Å². The molecule has 0 unspecified atom stereocenters. The maximum absolute atomic E-state index is 12.9. The third kappa shape index (κ3) is 5.56. The number of thiophene rings is 1. The Hall–Kier alpha value is -3.38. The van der Waals surface area contributed by atoms with E-state index in [1.165, 1.54) is 16.9 Å². The van der Waals surface area contributed by atoms with Gasteiger partial charge in [0.15, 0.2) is 0 Å². The molecule has 0 saturated carbocycles. The standard InChI is InChI=1S/C23H22N2O3S/c1-3-16-6-10-18(11-7-16)24-23(27)21(15-20-5-4-14-29-20)25-22(26)17-8-12-19(28-2)13-9-17/h4-15H,3H2,1-2H3,(H,24,27)(H,25,26)/b21-15-. The smallest absolute Gasteiger partial charge is 0.272 e. The summed E-state index contributed by atoms with van der Waals surface area (Å²) in [6.45, 7) is 2.07. The van der Waals surface area contributed by atoms with Crippen LogP contribution in [-0.2, 0) is 11.2 Å². The fourth-order valence-corrected chi connectivity index (χ4v) is 3.29. The lowest BCUT2D eigenvalue weighted by molar-refractivity contribution is -0.113. The van der Waals surface area contributed by atoms with Gasteiger partial charge >= 0.3 is 0 Å². The fourth-order valence-electron chi connectivity index (χ4n) is 2.63. The molecule has 6 heteroatoms. The van der Waals surface area contributed by atoms with Gasteiger partial charge in [0.25, 0.3) is 11.8 Å². The summed E-state index contributed by atoms with van der Waals surface area (Å²) < 4.78 is 5.12. The molecule has 0 aliphatic heterocycles. The van der Waals surface area contributed by atoms with E-state index >= 15 is 0 Å². The third-order valence-electron chi connectivity index (χ3n) is 4.29. The van der Waals surface area contributed by atoms with Gasteiger partial charge in [-0.3, -0.25) is 9.59 Å². The minimum Gasteiger partial charge on any atom is -0.497 e. The molecule has 2 N–H and O–H groups in total. The summed E-state index contributed by atoms with van der Waals surface area (Å²) in [7, 11) is 1.56. The monoisotopic (exact) mass is 406 g/mol. The van der Waals surface area contributed by atoms with Crippen LogP contribution in [0.3, 0.4) is 0 Å². The van der Waals surface area contributed by atoms with E-state index in [0.717, 1.165) is 11.3 Å².